The fourth-order valence-electron chi connectivity index (χ4n) is 2.34. The molecule has 1 fully saturated rings. The second-order valence-corrected chi connectivity index (χ2v) is 4.77. The van der Waals surface area contributed by atoms with Crippen LogP contribution in [0.3, 0.4) is 0 Å². The van der Waals surface area contributed by atoms with E-state index >= 15 is 0 Å². The maximum Gasteiger partial charge on any atom is 0.149 e. The highest BCUT2D eigenvalue weighted by Crippen LogP contribution is 2.21. The Morgan fingerprint density at radius 3 is 3.18 bits per heavy atom. The Bertz CT molecular complexity index is 378. The van der Waals surface area contributed by atoms with Crippen LogP contribution in [0, 0.1) is 6.92 Å². The molecule has 1 aromatic rings. The molecule has 0 spiro atoms. The summed E-state index contributed by atoms with van der Waals surface area (Å²) in [6, 6.07) is 2.42. The van der Waals surface area contributed by atoms with E-state index in [1.807, 2.05) is 19.2 Å². The third-order valence-electron chi connectivity index (χ3n) is 3.50. The number of nitrogens with two attached hydrogens (primary N) is 1. The number of piperidine rings is 1. The second-order valence-electron chi connectivity index (χ2n) is 4.77. The second kappa shape index (κ2) is 5.36. The fourth-order valence-corrected chi connectivity index (χ4v) is 2.34. The van der Waals surface area contributed by atoms with Crippen molar-refractivity contribution in [1.82, 2.24) is 9.88 Å². The van der Waals surface area contributed by atoms with Gasteiger partial charge in [0.1, 0.15) is 5.82 Å². The van der Waals surface area contributed by atoms with E-state index in [1.165, 1.54) is 19.4 Å². The van der Waals surface area contributed by atoms with Gasteiger partial charge in [-0.25, -0.2) is 4.98 Å². The molecule has 0 amide bonds. The quantitative estimate of drug-likeness (QED) is 0.838. The van der Waals surface area contributed by atoms with E-state index in [9.17, 15) is 0 Å². The average Bonchev–Trinajstić information content (AvgIpc) is 2.35. The van der Waals surface area contributed by atoms with Gasteiger partial charge in [-0.1, -0.05) is 6.92 Å². The molecule has 0 bridgehead atoms. The lowest BCUT2D eigenvalue weighted by Crippen LogP contribution is -2.42. The first-order valence-corrected chi connectivity index (χ1v) is 6.40. The molecule has 4 nitrogen and oxygen atoms in total. The Hall–Kier alpha value is -1.29. The van der Waals surface area contributed by atoms with Crippen molar-refractivity contribution >= 4 is 11.5 Å². The van der Waals surface area contributed by atoms with Crippen molar-refractivity contribution in [2.75, 3.05) is 30.7 Å². The van der Waals surface area contributed by atoms with Gasteiger partial charge in [-0.15, -0.1) is 0 Å². The van der Waals surface area contributed by atoms with E-state index in [0.717, 1.165) is 30.2 Å². The molecule has 4 heteroatoms. The number of nitrogens with one attached hydrogen (secondary N) is 1. The Balaban J connectivity index is 2.02. The Morgan fingerprint density at radius 2 is 2.41 bits per heavy atom. The number of aryl methyl sites for hydroxylation is 1. The van der Waals surface area contributed by atoms with Crippen LogP contribution in [0.5, 0.6) is 0 Å². The largest absolute Gasteiger partial charge is 0.396 e. The summed E-state index contributed by atoms with van der Waals surface area (Å²) < 4.78 is 0. The summed E-state index contributed by atoms with van der Waals surface area (Å²) in [6.45, 7) is 7.65. The molecule has 2 rings (SSSR count). The van der Waals surface area contributed by atoms with Gasteiger partial charge in [-0.3, -0.25) is 0 Å². The minimum atomic E-state index is 0.472. The number of likely N-dealkylation sites (N-methyl/N-ethyl adjacent to an activating group) is 1. The molecule has 1 unspecified atom stereocenters. The van der Waals surface area contributed by atoms with E-state index in [4.69, 9.17) is 5.73 Å². The molecule has 1 aliphatic heterocycles. The summed E-state index contributed by atoms with van der Waals surface area (Å²) in [6.07, 6.45) is 4.26. The molecule has 2 heterocycles. The fraction of sp³-hybridized carbons (Fsp3) is 0.615. The maximum absolute atomic E-state index is 6.03. The zero-order valence-electron chi connectivity index (χ0n) is 10.7. The molecular formula is C13H22N4. The summed E-state index contributed by atoms with van der Waals surface area (Å²) in [4.78, 5) is 6.79. The van der Waals surface area contributed by atoms with Crippen LogP contribution in [-0.4, -0.2) is 35.6 Å². The van der Waals surface area contributed by atoms with E-state index < -0.39 is 0 Å². The Labute approximate surface area is 103 Å². The van der Waals surface area contributed by atoms with Gasteiger partial charge in [-0.2, -0.15) is 0 Å². The number of rotatable bonds is 3. The van der Waals surface area contributed by atoms with Crippen molar-refractivity contribution in [3.8, 4) is 0 Å². The summed E-state index contributed by atoms with van der Waals surface area (Å²) >= 11 is 0. The third-order valence-corrected chi connectivity index (χ3v) is 3.50. The normalized spacial score (nSPS) is 21.4. The summed E-state index contributed by atoms with van der Waals surface area (Å²) in [7, 11) is 0. The van der Waals surface area contributed by atoms with Gasteiger partial charge >= 0.3 is 0 Å². The van der Waals surface area contributed by atoms with Crippen molar-refractivity contribution in [2.45, 2.75) is 32.7 Å². The van der Waals surface area contributed by atoms with Crippen molar-refractivity contribution in [3.05, 3.63) is 17.8 Å². The minimum Gasteiger partial charge on any atom is -0.396 e. The molecule has 1 aliphatic rings. The lowest BCUT2D eigenvalue weighted by molar-refractivity contribution is 0.226. The predicted molar refractivity (Wildman–Crippen MR) is 72.1 cm³/mol. The van der Waals surface area contributed by atoms with Gasteiger partial charge < -0.3 is 16.0 Å². The zero-order chi connectivity index (χ0) is 12.3. The van der Waals surface area contributed by atoms with Crippen LogP contribution in [0.25, 0.3) is 0 Å². The number of likely N-dealkylation sites (tertiary alicyclic amines) is 1. The number of nitrogens with zero attached hydrogens (tertiary/aromatic N) is 2. The van der Waals surface area contributed by atoms with Gasteiger partial charge in [0.2, 0.25) is 0 Å². The molecule has 0 radical (unpaired) electrons. The topological polar surface area (TPSA) is 54.2 Å². The molecule has 0 saturated carbocycles. The molecule has 3 N–H and O–H groups in total. The number of nitrogen functional groups attached to an aromatic ring is 1. The predicted octanol–water partition coefficient (Wildman–Crippen LogP) is 1.87. The lowest BCUT2D eigenvalue weighted by atomic mass is 10.1. The monoisotopic (exact) mass is 234 g/mol. The van der Waals surface area contributed by atoms with Crippen LogP contribution < -0.4 is 11.1 Å². The molecule has 94 valence electrons. The number of pyridine rings is 1. The first-order chi connectivity index (χ1) is 8.20. The van der Waals surface area contributed by atoms with Crippen molar-refractivity contribution in [2.24, 2.45) is 0 Å². The smallest absolute Gasteiger partial charge is 0.149 e. The molecule has 17 heavy (non-hydrogen) atoms. The van der Waals surface area contributed by atoms with E-state index in [2.05, 4.69) is 22.1 Å². The highest BCUT2D eigenvalue weighted by molar-refractivity contribution is 5.65. The molecule has 1 aromatic heterocycles. The van der Waals surface area contributed by atoms with E-state index in [1.54, 1.807) is 0 Å². The molecule has 0 aliphatic carbocycles. The number of anilines is 2. The minimum absolute atomic E-state index is 0.472. The summed E-state index contributed by atoms with van der Waals surface area (Å²) in [5, 5.41) is 3.48. The molecular weight excluding hydrogens is 212 g/mol. The van der Waals surface area contributed by atoms with Gasteiger partial charge in [0.15, 0.2) is 0 Å². The van der Waals surface area contributed by atoms with E-state index in [-0.39, 0.29) is 0 Å². The number of hydrogen-bond acceptors (Lipinski definition) is 4. The van der Waals surface area contributed by atoms with Crippen LogP contribution in [0.2, 0.25) is 0 Å². The maximum atomic E-state index is 6.03. The lowest BCUT2D eigenvalue weighted by Gasteiger charge is -2.32. The van der Waals surface area contributed by atoms with Crippen molar-refractivity contribution in [1.29, 1.82) is 0 Å². The van der Waals surface area contributed by atoms with Gasteiger partial charge in [0.05, 0.1) is 5.69 Å². The summed E-state index contributed by atoms with van der Waals surface area (Å²) in [5.74, 6) is 0.841. The average molecular weight is 234 g/mol. The standard InChI is InChI=1S/C13H22N4/c1-3-17-8-4-5-11(9-17)16-13-12(14)10(2)6-7-15-13/h6-7,11H,3-5,8-9,14H2,1-2H3,(H,15,16). The first kappa shape index (κ1) is 12.2. The third kappa shape index (κ3) is 2.88. The van der Waals surface area contributed by atoms with Crippen LogP contribution in [0.15, 0.2) is 12.3 Å². The van der Waals surface area contributed by atoms with Crippen molar-refractivity contribution in [3.63, 3.8) is 0 Å². The first-order valence-electron chi connectivity index (χ1n) is 6.40. The van der Waals surface area contributed by atoms with Gasteiger partial charge in [0, 0.05) is 18.8 Å². The van der Waals surface area contributed by atoms with Gasteiger partial charge in [0.25, 0.3) is 0 Å². The molecule has 1 atom stereocenters. The van der Waals surface area contributed by atoms with Crippen molar-refractivity contribution < 1.29 is 0 Å². The summed E-state index contributed by atoms with van der Waals surface area (Å²) in [5.41, 5.74) is 7.90. The zero-order valence-corrected chi connectivity index (χ0v) is 10.7. The highest BCUT2D eigenvalue weighted by Gasteiger charge is 2.19. The number of hydrogen-bond donors (Lipinski definition) is 2. The van der Waals surface area contributed by atoms with Crippen LogP contribution in [-0.2, 0) is 0 Å². The number of aromatic nitrogens is 1. The van der Waals surface area contributed by atoms with Crippen LogP contribution in [0.1, 0.15) is 25.3 Å². The Morgan fingerprint density at radius 1 is 1.59 bits per heavy atom. The van der Waals surface area contributed by atoms with Crippen LogP contribution >= 0.6 is 0 Å². The van der Waals surface area contributed by atoms with Gasteiger partial charge in [-0.05, 0) is 44.5 Å². The molecule has 1 saturated heterocycles. The van der Waals surface area contributed by atoms with E-state index in [0.29, 0.717) is 6.04 Å². The Kier molecular flexibility index (Phi) is 3.84. The van der Waals surface area contributed by atoms with Crippen LogP contribution in [0.4, 0.5) is 11.5 Å². The molecule has 0 aromatic carbocycles. The SMILES string of the molecule is CCN1CCCC(Nc2nccc(C)c2N)C1. The highest BCUT2D eigenvalue weighted by atomic mass is 15.2.